The van der Waals surface area contributed by atoms with E-state index in [0.717, 1.165) is 18.5 Å². The third-order valence-electron chi connectivity index (χ3n) is 6.36. The van der Waals surface area contributed by atoms with Crippen molar-refractivity contribution in [3.63, 3.8) is 0 Å². The minimum atomic E-state index is -0.666. The number of benzene rings is 2. The van der Waals surface area contributed by atoms with Crippen LogP contribution < -0.4 is 20.3 Å². The summed E-state index contributed by atoms with van der Waals surface area (Å²) in [6.07, 6.45) is 2.92. The molecule has 174 valence electrons. The van der Waals surface area contributed by atoms with Gasteiger partial charge in [0.15, 0.2) is 5.69 Å². The number of nitrogens with two attached hydrogens (primary N) is 1. The number of ether oxygens (including phenoxy) is 1. The summed E-state index contributed by atoms with van der Waals surface area (Å²) in [6.45, 7) is 1.10. The average molecular weight is 461 g/mol. The van der Waals surface area contributed by atoms with E-state index in [1.165, 1.54) is 4.68 Å². The SMILES string of the molecule is COc1ccc(-n2nc(C(N)=O)c3c2[14C](=O)N(c2ccc(N4CCCCC4=O)cc2)CC3)cc1. The molecule has 2 aromatic carbocycles. The second-order valence-electron chi connectivity index (χ2n) is 8.38. The van der Waals surface area contributed by atoms with E-state index in [0.29, 0.717) is 54.3 Å². The van der Waals surface area contributed by atoms with E-state index in [9.17, 15) is 14.4 Å². The number of rotatable bonds is 5. The number of aromatic nitrogens is 2. The summed E-state index contributed by atoms with van der Waals surface area (Å²) < 4.78 is 6.69. The lowest BCUT2D eigenvalue weighted by molar-refractivity contribution is -0.119. The highest BCUT2D eigenvalue weighted by molar-refractivity contribution is 6.09. The quantitative estimate of drug-likeness (QED) is 0.628. The van der Waals surface area contributed by atoms with E-state index >= 15 is 0 Å². The average Bonchev–Trinajstić information content (AvgIpc) is 3.26. The zero-order chi connectivity index (χ0) is 23.8. The molecule has 3 amide bonds. The van der Waals surface area contributed by atoms with Crippen LogP contribution in [0.25, 0.3) is 5.69 Å². The van der Waals surface area contributed by atoms with Crippen molar-refractivity contribution in [2.45, 2.75) is 25.7 Å². The van der Waals surface area contributed by atoms with Crippen molar-refractivity contribution in [1.82, 2.24) is 9.78 Å². The highest BCUT2D eigenvalue weighted by atomic mass is 16.5. The van der Waals surface area contributed by atoms with Crippen molar-refractivity contribution >= 4 is 29.1 Å². The monoisotopic (exact) mass is 461 g/mol. The Morgan fingerprint density at radius 1 is 0.971 bits per heavy atom. The smallest absolute Gasteiger partial charge is 0.277 e. The van der Waals surface area contributed by atoms with Crippen molar-refractivity contribution in [2.24, 2.45) is 5.73 Å². The number of nitrogens with zero attached hydrogens (tertiary/aromatic N) is 4. The normalized spacial score (nSPS) is 15.9. The minimum absolute atomic E-state index is 0.109. The molecule has 0 saturated carbocycles. The third-order valence-corrected chi connectivity index (χ3v) is 6.36. The van der Waals surface area contributed by atoms with Crippen molar-refractivity contribution in [2.75, 3.05) is 30.0 Å². The fourth-order valence-corrected chi connectivity index (χ4v) is 4.61. The van der Waals surface area contributed by atoms with Gasteiger partial charge in [-0.3, -0.25) is 14.4 Å². The van der Waals surface area contributed by atoms with Gasteiger partial charge in [-0.15, -0.1) is 0 Å². The van der Waals surface area contributed by atoms with Crippen LogP contribution in [-0.4, -0.2) is 47.7 Å². The maximum Gasteiger partial charge on any atom is 0.277 e. The molecular weight excluding hydrogens is 436 g/mol. The molecule has 0 unspecified atom stereocenters. The molecule has 1 aromatic heterocycles. The van der Waals surface area contributed by atoms with E-state index in [2.05, 4.69) is 5.10 Å². The Bertz CT molecular complexity index is 1260. The standard InChI is InChI=1S/C25H25N5O4/c1-34-19-11-9-18(10-12-19)30-23-20(22(27-30)24(26)32)13-15-29(25(23)33)17-7-5-16(6-8-17)28-14-3-2-4-21(28)31/h5-12H,2-4,13-15H2,1H3,(H2,26,32)/i25+2. The topological polar surface area (TPSA) is 111 Å². The molecule has 3 heterocycles. The summed E-state index contributed by atoms with van der Waals surface area (Å²) in [5, 5.41) is 4.39. The van der Waals surface area contributed by atoms with Crippen molar-refractivity contribution in [1.29, 1.82) is 0 Å². The summed E-state index contributed by atoms with van der Waals surface area (Å²) in [5.74, 6) is -0.139. The van der Waals surface area contributed by atoms with Crippen molar-refractivity contribution < 1.29 is 19.1 Å². The molecule has 0 bridgehead atoms. The van der Waals surface area contributed by atoms with Crippen LogP contribution in [0.2, 0.25) is 0 Å². The van der Waals surface area contributed by atoms with Gasteiger partial charge in [-0.1, -0.05) is 0 Å². The summed E-state index contributed by atoms with van der Waals surface area (Å²) in [7, 11) is 1.57. The molecule has 1 fully saturated rings. The molecule has 3 aromatic rings. The molecule has 1 saturated heterocycles. The fraction of sp³-hybridized carbons (Fsp3) is 0.280. The molecule has 2 aliphatic heterocycles. The lowest BCUT2D eigenvalue weighted by atomic mass is 10.1. The molecule has 0 atom stereocenters. The Kier molecular flexibility index (Phi) is 5.53. The Labute approximate surface area is 196 Å². The number of primary amides is 1. The molecule has 2 N–H and O–H groups in total. The number of anilines is 2. The predicted molar refractivity (Wildman–Crippen MR) is 127 cm³/mol. The lowest BCUT2D eigenvalue weighted by Gasteiger charge is -2.29. The second kappa shape index (κ2) is 8.66. The lowest BCUT2D eigenvalue weighted by Crippen LogP contribution is -2.39. The molecular formula is C25H25N5O4. The maximum absolute atomic E-state index is 13.6. The zero-order valence-electron chi connectivity index (χ0n) is 18.9. The summed E-state index contributed by atoms with van der Waals surface area (Å²) in [4.78, 5) is 41.4. The molecule has 9 nitrogen and oxygen atoms in total. The van der Waals surface area contributed by atoms with Crippen LogP contribution in [-0.2, 0) is 11.2 Å². The minimum Gasteiger partial charge on any atom is -0.497 e. The molecule has 5 rings (SSSR count). The first kappa shape index (κ1) is 21.7. The molecule has 0 aliphatic carbocycles. The van der Waals surface area contributed by atoms with Gasteiger partial charge in [-0.25, -0.2) is 4.68 Å². The van der Waals surface area contributed by atoms with Crippen LogP contribution >= 0.6 is 0 Å². The van der Waals surface area contributed by atoms with Gasteiger partial charge in [0, 0.05) is 36.4 Å². The second-order valence-corrected chi connectivity index (χ2v) is 8.38. The highest BCUT2D eigenvalue weighted by Gasteiger charge is 2.34. The van der Waals surface area contributed by atoms with E-state index in [4.69, 9.17) is 10.5 Å². The van der Waals surface area contributed by atoms with Crippen LogP contribution in [0.5, 0.6) is 5.75 Å². The molecule has 34 heavy (non-hydrogen) atoms. The Hall–Kier alpha value is -4.14. The van der Waals surface area contributed by atoms with E-state index in [1.54, 1.807) is 41.2 Å². The van der Waals surface area contributed by atoms with Gasteiger partial charge in [0.25, 0.3) is 11.8 Å². The number of carbonyl (C=O) groups is 3. The van der Waals surface area contributed by atoms with Crippen LogP contribution in [0.4, 0.5) is 11.4 Å². The van der Waals surface area contributed by atoms with Gasteiger partial charge in [-0.05, 0) is 67.8 Å². The molecule has 2 aliphatic rings. The first-order chi connectivity index (χ1) is 16.5. The largest absolute Gasteiger partial charge is 0.497 e. The van der Waals surface area contributed by atoms with Crippen LogP contribution in [0.1, 0.15) is 45.8 Å². The Morgan fingerprint density at radius 3 is 2.29 bits per heavy atom. The summed E-state index contributed by atoms with van der Waals surface area (Å²) >= 11 is 0. The van der Waals surface area contributed by atoms with Gasteiger partial charge in [0.05, 0.1) is 12.8 Å². The van der Waals surface area contributed by atoms with E-state index < -0.39 is 5.91 Å². The predicted octanol–water partition coefficient (Wildman–Crippen LogP) is 2.70. The number of methoxy groups -OCH3 is 1. The first-order valence-corrected chi connectivity index (χ1v) is 11.3. The summed E-state index contributed by atoms with van der Waals surface area (Å²) in [5.41, 5.74) is 8.73. The van der Waals surface area contributed by atoms with Gasteiger partial charge in [0.2, 0.25) is 5.91 Å². The Morgan fingerprint density at radius 2 is 1.65 bits per heavy atom. The van der Waals surface area contributed by atoms with Gasteiger partial charge < -0.3 is 20.3 Å². The first-order valence-electron chi connectivity index (χ1n) is 11.3. The zero-order valence-corrected chi connectivity index (χ0v) is 18.9. The van der Waals surface area contributed by atoms with Gasteiger partial charge in [0.1, 0.15) is 11.4 Å². The van der Waals surface area contributed by atoms with Crippen molar-refractivity contribution in [3.05, 3.63) is 65.5 Å². The third kappa shape index (κ3) is 3.68. The molecule has 0 spiro atoms. The van der Waals surface area contributed by atoms with Gasteiger partial charge in [-0.2, -0.15) is 5.10 Å². The van der Waals surface area contributed by atoms with E-state index in [1.807, 2.05) is 24.3 Å². The van der Waals surface area contributed by atoms with Crippen LogP contribution in [0.15, 0.2) is 48.5 Å². The molecule has 9 heteroatoms. The Balaban J connectivity index is 1.49. The number of amides is 3. The van der Waals surface area contributed by atoms with Crippen LogP contribution in [0, 0.1) is 0 Å². The fourth-order valence-electron chi connectivity index (χ4n) is 4.61. The number of carbonyl (C=O) groups excluding carboxylic acids is 3. The summed E-state index contributed by atoms with van der Waals surface area (Å²) in [6, 6.07) is 14.5. The van der Waals surface area contributed by atoms with E-state index in [-0.39, 0.29) is 17.5 Å². The number of piperidine rings is 1. The van der Waals surface area contributed by atoms with Crippen LogP contribution in [0.3, 0.4) is 0 Å². The number of hydrogen-bond donors (Lipinski definition) is 1. The van der Waals surface area contributed by atoms with Crippen molar-refractivity contribution in [3.8, 4) is 11.4 Å². The molecule has 0 radical (unpaired) electrons. The number of hydrogen-bond acceptors (Lipinski definition) is 5. The highest BCUT2D eigenvalue weighted by Crippen LogP contribution is 2.31. The van der Waals surface area contributed by atoms with Gasteiger partial charge >= 0.3 is 0 Å². The number of fused-ring (bicyclic) bond motifs is 1. The maximum atomic E-state index is 13.6.